The van der Waals surface area contributed by atoms with Gasteiger partial charge >= 0.3 is 6.03 Å². The van der Waals surface area contributed by atoms with E-state index in [1.165, 1.54) is 10.9 Å². The Morgan fingerprint density at radius 3 is 3.08 bits per heavy atom. The van der Waals surface area contributed by atoms with E-state index in [1.54, 1.807) is 16.9 Å². The van der Waals surface area contributed by atoms with Gasteiger partial charge < -0.3 is 10.3 Å². The summed E-state index contributed by atoms with van der Waals surface area (Å²) in [6.45, 7) is 1.04. The van der Waals surface area contributed by atoms with Crippen LogP contribution in [-0.2, 0) is 13.0 Å². The van der Waals surface area contributed by atoms with Crippen LogP contribution in [-0.4, -0.2) is 27.3 Å². The number of nitrogens with zero attached hydrogens (tertiary/aromatic N) is 3. The van der Waals surface area contributed by atoms with Crippen molar-refractivity contribution in [3.63, 3.8) is 0 Å². The van der Waals surface area contributed by atoms with Crippen LogP contribution >= 0.6 is 0 Å². The zero-order valence-electron chi connectivity index (χ0n) is 13.1. The van der Waals surface area contributed by atoms with Crippen LogP contribution in [0.1, 0.15) is 12.0 Å². The van der Waals surface area contributed by atoms with E-state index < -0.39 is 0 Å². The Morgan fingerprint density at radius 2 is 2.21 bits per heavy atom. The largest absolute Gasteiger partial charge is 0.361 e. The van der Waals surface area contributed by atoms with E-state index in [0.717, 1.165) is 11.9 Å². The standard InChI is InChI=1S/C17H18N6O/c18-8-3-10-23-11-7-16(22-23)21-17(24)19-9-6-13-12-20-15-5-2-1-4-14(13)15/h1-2,4-5,7,11-12,20H,3,6,9-10H2,(H2,19,21,22,24). The summed E-state index contributed by atoms with van der Waals surface area (Å²) in [6.07, 6.45) is 4.84. The second-order valence-electron chi connectivity index (χ2n) is 5.36. The average molecular weight is 322 g/mol. The van der Waals surface area contributed by atoms with E-state index in [4.69, 9.17) is 5.26 Å². The Bertz CT molecular complexity index is 872. The summed E-state index contributed by atoms with van der Waals surface area (Å²) in [4.78, 5) is 15.1. The molecule has 0 aliphatic carbocycles. The van der Waals surface area contributed by atoms with E-state index in [9.17, 15) is 4.79 Å². The van der Waals surface area contributed by atoms with Gasteiger partial charge in [-0.1, -0.05) is 18.2 Å². The lowest BCUT2D eigenvalue weighted by atomic mass is 10.1. The van der Waals surface area contributed by atoms with E-state index >= 15 is 0 Å². The van der Waals surface area contributed by atoms with E-state index in [1.807, 2.05) is 24.4 Å². The van der Waals surface area contributed by atoms with E-state index in [0.29, 0.717) is 25.3 Å². The minimum atomic E-state index is -0.291. The van der Waals surface area contributed by atoms with Gasteiger partial charge in [0.2, 0.25) is 0 Å². The van der Waals surface area contributed by atoms with Crippen LogP contribution in [0.5, 0.6) is 0 Å². The first-order valence-electron chi connectivity index (χ1n) is 7.76. The minimum absolute atomic E-state index is 0.291. The summed E-state index contributed by atoms with van der Waals surface area (Å²) in [5.74, 6) is 0.470. The first kappa shape index (κ1) is 15.6. The number of carbonyl (C=O) groups excluding carboxylic acids is 1. The lowest BCUT2D eigenvalue weighted by molar-refractivity contribution is 0.252. The molecule has 0 saturated heterocycles. The number of fused-ring (bicyclic) bond motifs is 1. The maximum Gasteiger partial charge on any atom is 0.320 e. The van der Waals surface area contributed by atoms with Crippen LogP contribution in [0.25, 0.3) is 10.9 Å². The molecule has 3 rings (SSSR count). The first-order chi connectivity index (χ1) is 11.8. The molecular formula is C17H18N6O. The Kier molecular flexibility index (Phi) is 4.77. The number of aryl methyl sites for hydroxylation is 1. The molecule has 3 aromatic rings. The normalized spacial score (nSPS) is 10.5. The van der Waals surface area contributed by atoms with Crippen LogP contribution in [0.15, 0.2) is 42.7 Å². The maximum absolute atomic E-state index is 11.9. The SMILES string of the molecule is N#CCCn1ccc(NC(=O)NCCc2c[nH]c3ccccc23)n1. The van der Waals surface area contributed by atoms with Crippen LogP contribution < -0.4 is 10.6 Å². The zero-order valence-corrected chi connectivity index (χ0v) is 13.1. The van der Waals surface area contributed by atoms with Crippen molar-refractivity contribution in [2.75, 3.05) is 11.9 Å². The molecule has 0 spiro atoms. The molecule has 0 fully saturated rings. The number of hydrogen-bond acceptors (Lipinski definition) is 3. The number of carbonyl (C=O) groups is 1. The van der Waals surface area contributed by atoms with Crippen molar-refractivity contribution in [2.24, 2.45) is 0 Å². The van der Waals surface area contributed by atoms with E-state index in [2.05, 4.69) is 32.9 Å². The number of H-pyrrole nitrogens is 1. The Hall–Kier alpha value is -3.27. The van der Waals surface area contributed by atoms with Crippen molar-refractivity contribution in [3.8, 4) is 6.07 Å². The first-order valence-corrected chi connectivity index (χ1v) is 7.76. The van der Waals surface area contributed by atoms with Crippen molar-refractivity contribution in [1.29, 1.82) is 5.26 Å². The van der Waals surface area contributed by atoms with Crippen molar-refractivity contribution in [3.05, 3.63) is 48.3 Å². The molecule has 0 unspecified atom stereocenters. The van der Waals surface area contributed by atoms with Gasteiger partial charge in [0, 0.05) is 35.9 Å². The summed E-state index contributed by atoms with van der Waals surface area (Å²) < 4.78 is 1.63. The van der Waals surface area contributed by atoms with Gasteiger partial charge in [0.25, 0.3) is 0 Å². The number of para-hydroxylation sites is 1. The van der Waals surface area contributed by atoms with Gasteiger partial charge in [-0.25, -0.2) is 4.79 Å². The second kappa shape index (κ2) is 7.33. The number of nitrogens with one attached hydrogen (secondary N) is 3. The lowest BCUT2D eigenvalue weighted by Gasteiger charge is -2.05. The van der Waals surface area contributed by atoms with Crippen molar-refractivity contribution >= 4 is 22.8 Å². The lowest BCUT2D eigenvalue weighted by Crippen LogP contribution is -2.30. The van der Waals surface area contributed by atoms with Crippen LogP contribution in [0.3, 0.4) is 0 Å². The summed E-state index contributed by atoms with van der Waals surface area (Å²) >= 11 is 0. The van der Waals surface area contributed by atoms with Gasteiger partial charge in [-0.3, -0.25) is 10.00 Å². The molecule has 0 radical (unpaired) electrons. The highest BCUT2D eigenvalue weighted by Gasteiger charge is 2.06. The fourth-order valence-corrected chi connectivity index (χ4v) is 2.53. The van der Waals surface area contributed by atoms with Crippen LogP contribution in [0.2, 0.25) is 0 Å². The predicted octanol–water partition coefficient (Wildman–Crippen LogP) is 2.64. The third kappa shape index (κ3) is 3.73. The Morgan fingerprint density at radius 1 is 1.33 bits per heavy atom. The molecule has 0 bridgehead atoms. The number of aromatic amines is 1. The highest BCUT2D eigenvalue weighted by atomic mass is 16.2. The number of hydrogen-bond donors (Lipinski definition) is 3. The minimum Gasteiger partial charge on any atom is -0.361 e. The molecule has 0 aliphatic rings. The van der Waals surface area contributed by atoms with Gasteiger partial charge in [-0.15, -0.1) is 0 Å². The number of amides is 2. The molecule has 0 atom stereocenters. The molecular weight excluding hydrogens is 304 g/mol. The molecule has 2 aromatic heterocycles. The van der Waals surface area contributed by atoms with Crippen molar-refractivity contribution < 1.29 is 4.79 Å². The fraction of sp³-hybridized carbons (Fsp3) is 0.235. The summed E-state index contributed by atoms with van der Waals surface area (Å²) in [5.41, 5.74) is 2.27. The van der Waals surface area contributed by atoms with Gasteiger partial charge in [-0.2, -0.15) is 10.4 Å². The zero-order chi connectivity index (χ0) is 16.8. The van der Waals surface area contributed by atoms with Crippen LogP contribution in [0, 0.1) is 11.3 Å². The van der Waals surface area contributed by atoms with Crippen molar-refractivity contribution in [1.82, 2.24) is 20.1 Å². The highest BCUT2D eigenvalue weighted by Crippen LogP contribution is 2.17. The van der Waals surface area contributed by atoms with E-state index in [-0.39, 0.29) is 6.03 Å². The molecule has 24 heavy (non-hydrogen) atoms. The van der Waals surface area contributed by atoms with Gasteiger partial charge in [0.1, 0.15) is 0 Å². The number of urea groups is 1. The van der Waals surface area contributed by atoms with Gasteiger partial charge in [0.15, 0.2) is 5.82 Å². The number of aromatic nitrogens is 3. The third-order valence-corrected chi connectivity index (χ3v) is 3.69. The van der Waals surface area contributed by atoms with Crippen LogP contribution in [0.4, 0.5) is 10.6 Å². The second-order valence-corrected chi connectivity index (χ2v) is 5.36. The molecule has 122 valence electrons. The Balaban J connectivity index is 1.47. The topological polar surface area (TPSA) is 98.5 Å². The Labute approximate surface area is 139 Å². The number of benzene rings is 1. The number of anilines is 1. The monoisotopic (exact) mass is 322 g/mol. The average Bonchev–Trinajstić information content (AvgIpc) is 3.20. The predicted molar refractivity (Wildman–Crippen MR) is 91.5 cm³/mol. The smallest absolute Gasteiger partial charge is 0.320 e. The van der Waals surface area contributed by atoms with Crippen molar-refractivity contribution in [2.45, 2.75) is 19.4 Å². The number of rotatable bonds is 6. The molecule has 1 aromatic carbocycles. The fourth-order valence-electron chi connectivity index (χ4n) is 2.53. The molecule has 0 aliphatic heterocycles. The summed E-state index contributed by atoms with van der Waals surface area (Å²) in [5, 5.41) is 19.4. The summed E-state index contributed by atoms with van der Waals surface area (Å²) in [6, 6.07) is 11.6. The number of nitriles is 1. The third-order valence-electron chi connectivity index (χ3n) is 3.69. The van der Waals surface area contributed by atoms with Gasteiger partial charge in [-0.05, 0) is 18.1 Å². The molecule has 0 saturated carbocycles. The molecule has 2 amide bonds. The molecule has 7 nitrogen and oxygen atoms in total. The highest BCUT2D eigenvalue weighted by molar-refractivity contribution is 5.88. The molecule has 2 heterocycles. The van der Waals surface area contributed by atoms with Gasteiger partial charge in [0.05, 0.1) is 19.0 Å². The summed E-state index contributed by atoms with van der Waals surface area (Å²) in [7, 11) is 0. The molecule has 3 N–H and O–H groups in total. The molecule has 7 heteroatoms. The maximum atomic E-state index is 11.9. The quantitative estimate of drug-likeness (QED) is 0.650.